The molecule has 1 heterocycles. The van der Waals surface area contributed by atoms with Gasteiger partial charge in [-0.15, -0.1) is 11.3 Å². The maximum Gasteiger partial charge on any atom is 0.224 e. The van der Waals surface area contributed by atoms with Crippen LogP contribution in [0.2, 0.25) is 0 Å². The van der Waals surface area contributed by atoms with Crippen LogP contribution in [-0.2, 0) is 11.2 Å². The number of halogens is 1. The van der Waals surface area contributed by atoms with E-state index in [0.29, 0.717) is 12.1 Å². The monoisotopic (exact) mass is 336 g/mol. The van der Waals surface area contributed by atoms with Crippen LogP contribution in [0.3, 0.4) is 0 Å². The minimum absolute atomic E-state index is 0.127. The number of nitrogens with one attached hydrogen (secondary N) is 1. The quantitative estimate of drug-likeness (QED) is 0.845. The summed E-state index contributed by atoms with van der Waals surface area (Å²) in [6, 6.07) is 8.75. The lowest BCUT2D eigenvalue weighted by molar-refractivity contribution is -0.120. The Bertz CT molecular complexity index is 644. The predicted octanol–water partition coefficient (Wildman–Crippen LogP) is 2.86. The molecule has 0 spiro atoms. The van der Waals surface area contributed by atoms with Crippen LogP contribution in [0.5, 0.6) is 5.75 Å². The zero-order valence-corrected chi connectivity index (χ0v) is 14.3. The fraction of sp³-hybridized carbons (Fsp3) is 0.353. The third-order valence-corrected chi connectivity index (χ3v) is 4.54. The van der Waals surface area contributed by atoms with Gasteiger partial charge in [0.15, 0.2) is 11.6 Å². The molecule has 1 atom stereocenters. The highest BCUT2D eigenvalue weighted by atomic mass is 32.1. The third kappa shape index (κ3) is 4.77. The van der Waals surface area contributed by atoms with Crippen LogP contribution < -0.4 is 10.1 Å². The van der Waals surface area contributed by atoms with Gasteiger partial charge in [0, 0.05) is 11.4 Å². The van der Waals surface area contributed by atoms with Crippen molar-refractivity contribution in [2.24, 2.45) is 0 Å². The molecule has 1 N–H and O–H groups in total. The Morgan fingerprint density at radius 1 is 1.39 bits per heavy atom. The molecule has 1 aromatic carbocycles. The molecule has 0 radical (unpaired) electrons. The van der Waals surface area contributed by atoms with Crippen molar-refractivity contribution in [3.63, 3.8) is 0 Å². The van der Waals surface area contributed by atoms with Crippen molar-refractivity contribution in [2.45, 2.75) is 12.5 Å². The van der Waals surface area contributed by atoms with E-state index in [-0.39, 0.29) is 24.1 Å². The number of likely N-dealkylation sites (N-methyl/N-ethyl adjacent to an activating group) is 1. The normalized spacial score (nSPS) is 12.2. The van der Waals surface area contributed by atoms with Gasteiger partial charge in [0.05, 0.1) is 19.6 Å². The van der Waals surface area contributed by atoms with E-state index in [1.165, 1.54) is 24.1 Å². The van der Waals surface area contributed by atoms with Crippen molar-refractivity contribution in [1.82, 2.24) is 10.2 Å². The summed E-state index contributed by atoms with van der Waals surface area (Å²) in [5, 5.41) is 4.94. The minimum Gasteiger partial charge on any atom is -0.494 e. The molecular weight excluding hydrogens is 315 g/mol. The van der Waals surface area contributed by atoms with Crippen LogP contribution in [0, 0.1) is 5.82 Å². The zero-order valence-electron chi connectivity index (χ0n) is 13.5. The highest BCUT2D eigenvalue weighted by Gasteiger charge is 2.16. The topological polar surface area (TPSA) is 41.6 Å². The fourth-order valence-corrected chi connectivity index (χ4v) is 3.22. The molecule has 0 saturated heterocycles. The number of carbonyl (C=O) groups is 1. The van der Waals surface area contributed by atoms with Gasteiger partial charge in [-0.2, -0.15) is 0 Å². The van der Waals surface area contributed by atoms with Crippen molar-refractivity contribution < 1.29 is 13.9 Å². The smallest absolute Gasteiger partial charge is 0.224 e. The van der Waals surface area contributed by atoms with Gasteiger partial charge in [0.2, 0.25) is 5.91 Å². The van der Waals surface area contributed by atoms with E-state index in [1.54, 1.807) is 17.4 Å². The molecule has 4 nitrogen and oxygen atoms in total. The predicted molar refractivity (Wildman–Crippen MR) is 90.4 cm³/mol. The first kappa shape index (κ1) is 17.4. The van der Waals surface area contributed by atoms with Crippen LogP contribution in [0.1, 0.15) is 16.5 Å². The molecule has 2 aromatic rings. The van der Waals surface area contributed by atoms with E-state index >= 15 is 0 Å². The first-order chi connectivity index (χ1) is 11.0. The first-order valence-corrected chi connectivity index (χ1v) is 8.18. The summed E-state index contributed by atoms with van der Waals surface area (Å²) in [6.07, 6.45) is 0.144. The van der Waals surface area contributed by atoms with Gasteiger partial charge in [-0.25, -0.2) is 4.39 Å². The van der Waals surface area contributed by atoms with Crippen molar-refractivity contribution in [3.8, 4) is 5.75 Å². The van der Waals surface area contributed by atoms with Crippen LogP contribution in [0.4, 0.5) is 4.39 Å². The van der Waals surface area contributed by atoms with Crippen LogP contribution in [0.25, 0.3) is 0 Å². The SMILES string of the molecule is COc1ccc(CC(=O)NC[C@@H](c2cccs2)N(C)C)cc1F. The standard InChI is InChI=1S/C17H21FN2O2S/c1-20(2)14(16-5-4-8-23-16)11-19-17(21)10-12-6-7-15(22-3)13(18)9-12/h4-9,14H,10-11H2,1-3H3,(H,19,21)/t14-/m0/s1. The Kier molecular flexibility index (Phi) is 6.12. The van der Waals surface area contributed by atoms with E-state index in [4.69, 9.17) is 4.74 Å². The number of carbonyl (C=O) groups excluding carboxylic acids is 1. The van der Waals surface area contributed by atoms with Crippen molar-refractivity contribution >= 4 is 17.2 Å². The lowest BCUT2D eigenvalue weighted by atomic mass is 10.1. The lowest BCUT2D eigenvalue weighted by Gasteiger charge is -2.23. The second-order valence-corrected chi connectivity index (χ2v) is 6.42. The van der Waals surface area contributed by atoms with E-state index in [2.05, 4.69) is 16.3 Å². The molecule has 0 fully saturated rings. The fourth-order valence-electron chi connectivity index (χ4n) is 2.30. The Morgan fingerprint density at radius 3 is 2.74 bits per heavy atom. The summed E-state index contributed by atoms with van der Waals surface area (Å²) in [7, 11) is 5.38. The van der Waals surface area contributed by atoms with Crippen molar-refractivity contribution in [1.29, 1.82) is 0 Å². The summed E-state index contributed by atoms with van der Waals surface area (Å²) in [5.74, 6) is -0.403. The number of ether oxygens (including phenoxy) is 1. The Hall–Kier alpha value is -1.92. The summed E-state index contributed by atoms with van der Waals surface area (Å²) >= 11 is 1.66. The number of thiophene rings is 1. The highest BCUT2D eigenvalue weighted by molar-refractivity contribution is 7.10. The van der Waals surface area contributed by atoms with E-state index in [0.717, 1.165) is 0 Å². The van der Waals surface area contributed by atoms with Gasteiger partial charge in [-0.3, -0.25) is 4.79 Å². The largest absolute Gasteiger partial charge is 0.494 e. The second-order valence-electron chi connectivity index (χ2n) is 5.44. The van der Waals surface area contributed by atoms with Crippen LogP contribution in [0.15, 0.2) is 35.7 Å². The van der Waals surface area contributed by atoms with Crippen LogP contribution >= 0.6 is 11.3 Å². The van der Waals surface area contributed by atoms with Gasteiger partial charge in [-0.05, 0) is 43.2 Å². The third-order valence-electron chi connectivity index (χ3n) is 3.57. The van der Waals surface area contributed by atoms with Gasteiger partial charge in [-0.1, -0.05) is 12.1 Å². The molecule has 0 aliphatic carbocycles. The minimum atomic E-state index is -0.456. The van der Waals surface area contributed by atoms with E-state index in [1.807, 2.05) is 25.5 Å². The number of hydrogen-bond donors (Lipinski definition) is 1. The average molecular weight is 336 g/mol. The molecule has 2 rings (SSSR count). The number of rotatable bonds is 7. The molecule has 0 aliphatic heterocycles. The first-order valence-electron chi connectivity index (χ1n) is 7.30. The molecule has 0 unspecified atom stereocenters. The summed E-state index contributed by atoms with van der Waals surface area (Å²) < 4.78 is 18.5. The molecule has 1 amide bonds. The average Bonchev–Trinajstić information content (AvgIpc) is 3.01. The Labute approximate surface area is 139 Å². The van der Waals surface area contributed by atoms with Gasteiger partial charge >= 0.3 is 0 Å². The highest BCUT2D eigenvalue weighted by Crippen LogP contribution is 2.22. The van der Waals surface area contributed by atoms with Gasteiger partial charge in [0.25, 0.3) is 0 Å². The van der Waals surface area contributed by atoms with Crippen LogP contribution in [-0.4, -0.2) is 38.6 Å². The van der Waals surface area contributed by atoms with E-state index < -0.39 is 5.82 Å². The Balaban J connectivity index is 1.93. The van der Waals surface area contributed by atoms with Crippen molar-refractivity contribution in [2.75, 3.05) is 27.7 Å². The molecule has 0 saturated carbocycles. The summed E-state index contributed by atoms with van der Waals surface area (Å²) in [5.41, 5.74) is 0.623. The van der Waals surface area contributed by atoms with Gasteiger partial charge in [0.1, 0.15) is 0 Å². The number of hydrogen-bond acceptors (Lipinski definition) is 4. The lowest BCUT2D eigenvalue weighted by Crippen LogP contribution is -2.34. The number of nitrogens with zero attached hydrogens (tertiary/aromatic N) is 1. The molecule has 0 aliphatic rings. The molecule has 1 aromatic heterocycles. The number of amides is 1. The molecule has 0 bridgehead atoms. The van der Waals surface area contributed by atoms with Crippen molar-refractivity contribution in [3.05, 3.63) is 52.0 Å². The molecule has 6 heteroatoms. The molecular formula is C17H21FN2O2S. The number of benzene rings is 1. The molecule has 23 heavy (non-hydrogen) atoms. The van der Waals surface area contributed by atoms with E-state index in [9.17, 15) is 9.18 Å². The summed E-state index contributed by atoms with van der Waals surface area (Å²) in [4.78, 5) is 15.4. The zero-order chi connectivity index (χ0) is 16.8. The maximum atomic E-state index is 13.6. The maximum absolute atomic E-state index is 13.6. The summed E-state index contributed by atoms with van der Waals surface area (Å²) in [6.45, 7) is 0.519. The second kappa shape index (κ2) is 8.08. The molecule has 124 valence electrons. The Morgan fingerprint density at radius 2 is 2.17 bits per heavy atom. The van der Waals surface area contributed by atoms with Gasteiger partial charge < -0.3 is 15.0 Å². The number of methoxy groups -OCH3 is 1.